The van der Waals surface area contributed by atoms with Gasteiger partial charge >= 0.3 is 488 Å². The van der Waals surface area contributed by atoms with Crippen molar-refractivity contribution in [1.82, 2.24) is 0 Å². The second-order valence-corrected chi connectivity index (χ2v) is 81.5. The quantitative estimate of drug-likeness (QED) is 0.0333. The molecule has 6 rings (SSSR count). The molecule has 6 aliphatic carbocycles. The molecular weight excluding hydrogens is 1680 g/mol. The van der Waals surface area contributed by atoms with Gasteiger partial charge in [-0.2, -0.15) is 0 Å². The summed E-state index contributed by atoms with van der Waals surface area (Å²) in [5, 5.41) is 6.12. The molecule has 0 aromatic rings. The van der Waals surface area contributed by atoms with E-state index in [-0.39, 0.29) is 0 Å². The van der Waals surface area contributed by atoms with Gasteiger partial charge in [0.2, 0.25) is 0 Å². The van der Waals surface area contributed by atoms with Crippen molar-refractivity contribution < 1.29 is 0 Å². The largest absolute Gasteiger partial charge is 0.331 e. The van der Waals surface area contributed by atoms with Gasteiger partial charge in [0, 0.05) is 0 Å². The fourth-order valence-electron chi connectivity index (χ4n) is 26.9. The van der Waals surface area contributed by atoms with Crippen molar-refractivity contribution in [1.29, 1.82) is 0 Å². The van der Waals surface area contributed by atoms with Crippen LogP contribution in [0.4, 0.5) is 0 Å². The van der Waals surface area contributed by atoms with Crippen LogP contribution in [0.25, 0.3) is 0 Å². The molecule has 0 aliphatic heterocycles. The molecule has 6 fully saturated rings. The maximum absolute atomic E-state index is 6.24. The van der Waals surface area contributed by atoms with Crippen LogP contribution in [0, 0.1) is 68.0 Å². The predicted octanol–water partition coefficient (Wildman–Crippen LogP) is 29.9. The fourth-order valence-corrected chi connectivity index (χ4v) is 72.3. The summed E-state index contributed by atoms with van der Waals surface area (Å²) in [6.07, 6.45) is 61.3. The van der Waals surface area contributed by atoms with Crippen molar-refractivity contribution in [2.45, 2.75) is 494 Å². The van der Waals surface area contributed by atoms with Crippen molar-refractivity contribution in [3.8, 4) is 0 Å². The summed E-state index contributed by atoms with van der Waals surface area (Å²) in [5.41, 5.74) is 42.6. The molecule has 110 heavy (non-hydrogen) atoms. The molecule has 648 valence electrons. The molecule has 0 saturated heterocycles. The molecular formula is C98H208Al2Ga2In2N6. The van der Waals surface area contributed by atoms with Crippen molar-refractivity contribution in [3.63, 3.8) is 0 Å². The van der Waals surface area contributed by atoms with Crippen molar-refractivity contribution >= 4 is 104 Å². The van der Waals surface area contributed by atoms with Gasteiger partial charge in [0.15, 0.2) is 0 Å². The van der Waals surface area contributed by atoms with Gasteiger partial charge in [0.1, 0.15) is 0 Å². The maximum Gasteiger partial charge on any atom is 0.267 e. The molecule has 0 radical (unpaired) electrons. The van der Waals surface area contributed by atoms with Crippen LogP contribution in [0.1, 0.15) is 408 Å². The van der Waals surface area contributed by atoms with Crippen LogP contribution in [0.2, 0.25) is 85.6 Å². The summed E-state index contributed by atoms with van der Waals surface area (Å²) in [7, 11) is 0. The van der Waals surface area contributed by atoms with Crippen molar-refractivity contribution in [3.05, 3.63) is 0 Å². The summed E-state index contributed by atoms with van der Waals surface area (Å²) < 4.78 is 12.5. The van der Waals surface area contributed by atoms with E-state index in [4.69, 9.17) is 34.4 Å². The van der Waals surface area contributed by atoms with Gasteiger partial charge in [0.05, 0.1) is 0 Å². The third-order valence-electron chi connectivity index (χ3n) is 34.9. The van der Waals surface area contributed by atoms with E-state index in [0.29, 0.717) is 10.8 Å². The average Bonchev–Trinajstić information content (AvgIpc) is 0.840. The Labute approximate surface area is 731 Å². The minimum atomic E-state index is -1.53. The van der Waals surface area contributed by atoms with Crippen molar-refractivity contribution in [2.75, 3.05) is 39.3 Å². The Morgan fingerprint density at radius 3 is 1.13 bits per heavy atom. The summed E-state index contributed by atoms with van der Waals surface area (Å²) in [6.45, 7) is 54.1. The third-order valence-corrected chi connectivity index (χ3v) is 79.5. The van der Waals surface area contributed by atoms with E-state index in [0.717, 1.165) is 114 Å². The van der Waals surface area contributed by atoms with Crippen LogP contribution in [-0.4, -0.2) is 143 Å². The van der Waals surface area contributed by atoms with Gasteiger partial charge in [-0.3, -0.25) is 0 Å². The minimum Gasteiger partial charge on any atom is -0.331 e. The van der Waals surface area contributed by atoms with E-state index >= 15 is 0 Å². The smallest absolute Gasteiger partial charge is 0.267 e. The predicted molar refractivity (Wildman–Crippen MR) is 516 cm³/mol. The first-order valence-electron chi connectivity index (χ1n) is 51.2. The van der Waals surface area contributed by atoms with Gasteiger partial charge in [-0.1, -0.05) is 150 Å². The Morgan fingerprint density at radius 1 is 0.409 bits per heavy atom. The SMILES string of the molecule is CCC1CCCCC1(CC)[CH2][Al]([CH2]C)[CH](C)CN.CCC1CCCCC1(CC)[CH2][Ga]([CH2]C)[CH](C)CN.CCC1CCCCC1(CC)[CH2][Ga]([CH3])[CH2]CN.CCC1CCCCC1(CC)[CH2][In]([CH3])[CH2]CN.CCC[CH2][In]([CH2]C1(CC)CCCCC1CC)[CH](CN)CCC.CC[CH2][Al]([CH2]C1(CC)CCCCC1CC)[CH](CC)CN. The molecule has 6 saturated carbocycles. The van der Waals surface area contributed by atoms with E-state index in [2.05, 4.69) is 149 Å². The molecule has 6 aliphatic rings. The summed E-state index contributed by atoms with van der Waals surface area (Å²) in [6, 6.07) is 0. The van der Waals surface area contributed by atoms with E-state index in [1.54, 1.807) is 33.0 Å². The van der Waals surface area contributed by atoms with Crippen molar-refractivity contribution in [2.24, 2.45) is 102 Å². The molecule has 12 heteroatoms. The van der Waals surface area contributed by atoms with E-state index in [1.165, 1.54) is 294 Å². The molecule has 0 spiro atoms. The Morgan fingerprint density at radius 2 is 0.800 bits per heavy atom. The zero-order valence-electron chi connectivity index (χ0n) is 80.1. The van der Waals surface area contributed by atoms with E-state index in [9.17, 15) is 0 Å². The van der Waals surface area contributed by atoms with Gasteiger partial charge in [0.25, 0.3) is 28.3 Å². The summed E-state index contributed by atoms with van der Waals surface area (Å²) in [5.74, 6) is 6.10. The zero-order chi connectivity index (χ0) is 82.7. The van der Waals surface area contributed by atoms with Gasteiger partial charge < -0.3 is 11.5 Å². The van der Waals surface area contributed by atoms with Crippen LogP contribution in [0.5, 0.6) is 0 Å². The second kappa shape index (κ2) is 64.6. The molecule has 0 heterocycles. The van der Waals surface area contributed by atoms with Crippen LogP contribution in [0.3, 0.4) is 0 Å². The normalized spacial score (nSPS) is 29.2. The van der Waals surface area contributed by atoms with Gasteiger partial charge in [-0.15, -0.1) is 0 Å². The number of nitrogens with two attached hydrogens (primary N) is 6. The monoisotopic (exact) mass is 1890 g/mol. The first kappa shape index (κ1) is 112. The zero-order valence-corrected chi connectivity index (χ0v) is 93.9. The van der Waals surface area contributed by atoms with Crippen LogP contribution >= 0.6 is 0 Å². The summed E-state index contributed by atoms with van der Waals surface area (Å²) >= 11 is -6.26. The molecule has 0 bridgehead atoms. The fraction of sp³-hybridized carbons (Fsp3) is 1.00. The molecule has 12 N–H and O–H groups in total. The topological polar surface area (TPSA) is 156 Å². The molecule has 0 aromatic heterocycles. The third kappa shape index (κ3) is 36.6. The Balaban J connectivity index is 0.000000662. The molecule has 0 aromatic carbocycles. The van der Waals surface area contributed by atoms with Crippen LogP contribution < -0.4 is 34.4 Å². The number of rotatable bonds is 46. The number of hydrogen-bond acceptors (Lipinski definition) is 6. The van der Waals surface area contributed by atoms with Crippen LogP contribution in [0.15, 0.2) is 0 Å². The average molecular weight is 1890 g/mol. The summed E-state index contributed by atoms with van der Waals surface area (Å²) in [4.78, 5) is 6.10. The molecule has 16 atom stereocenters. The number of hydrogen-bond donors (Lipinski definition) is 6. The Kier molecular flexibility index (Phi) is 65.7. The van der Waals surface area contributed by atoms with Gasteiger partial charge in [-0.25, -0.2) is 0 Å². The molecule has 16 unspecified atom stereocenters. The molecule has 6 nitrogen and oxygen atoms in total. The van der Waals surface area contributed by atoms with Crippen LogP contribution in [-0.2, 0) is 0 Å². The first-order chi connectivity index (χ1) is 53.0. The first-order valence-corrected chi connectivity index (χ1v) is 81.0. The molecule has 0 amide bonds. The van der Waals surface area contributed by atoms with E-state index in [1.807, 2.05) is 0 Å². The minimum absolute atomic E-state index is 0.643. The van der Waals surface area contributed by atoms with Gasteiger partial charge in [-0.05, 0) is 61.4 Å². The second-order valence-electron chi connectivity index (χ2n) is 40.4. The van der Waals surface area contributed by atoms with E-state index < -0.39 is 104 Å². The Hall–Kier alpha value is 3.84. The standard InChI is InChI=1S/6C11H21.C5H12N.C4H10N.C4H9.2C3H8N.C3H7.2C2H6N.2C2H5.2CH3.2Al.2Ga.2In/c6*1-4-10-8-6-7-9-11(10,3)5-2;1-2-3-4-5-6;1-2-3-4-5;1-3-4-2;2*1-2-3-4;1-3-2;2*1-2-3;2*1-2;;;;;;;;/h6*10H,3-9H2,1-2H3;4H,2-3,5-6H2,1H3;3H,2,4-5H2,1H3;1,3-4H2,2H3;2*2H,3-4H2,1H3;1,3H2,2H3;2*1-3H2;2*1H2,2H3;2*1H3;;;;;;. The maximum atomic E-state index is 6.24. The number of unbranched alkanes of at least 4 members (excludes halogenated alkanes) is 1. The Bertz CT molecular complexity index is 2050.